The summed E-state index contributed by atoms with van der Waals surface area (Å²) in [5, 5.41) is 13.0. The lowest BCUT2D eigenvalue weighted by Gasteiger charge is -2.26. The summed E-state index contributed by atoms with van der Waals surface area (Å²) in [6.07, 6.45) is 7.15. The van der Waals surface area contributed by atoms with Gasteiger partial charge in [0.2, 0.25) is 0 Å². The van der Waals surface area contributed by atoms with E-state index in [1.165, 1.54) is 23.4 Å². The average molecular weight is 486 g/mol. The highest BCUT2D eigenvalue weighted by atomic mass is 19.1. The van der Waals surface area contributed by atoms with Crippen molar-refractivity contribution in [2.24, 2.45) is 5.92 Å². The van der Waals surface area contributed by atoms with Gasteiger partial charge in [0, 0.05) is 61.6 Å². The molecule has 186 valence electrons. The van der Waals surface area contributed by atoms with Crippen molar-refractivity contribution in [1.82, 2.24) is 19.4 Å². The van der Waals surface area contributed by atoms with Crippen molar-refractivity contribution in [3.63, 3.8) is 0 Å². The van der Waals surface area contributed by atoms with Crippen LogP contribution in [0.15, 0.2) is 67.1 Å². The third-order valence-electron chi connectivity index (χ3n) is 7.52. The third kappa shape index (κ3) is 4.22. The molecule has 0 spiro atoms. The maximum absolute atomic E-state index is 13.5. The lowest BCUT2D eigenvalue weighted by Crippen LogP contribution is -2.45. The van der Waals surface area contributed by atoms with Crippen LogP contribution in [0.4, 0.5) is 10.1 Å². The number of fused-ring (bicyclic) bond motifs is 5. The van der Waals surface area contributed by atoms with Crippen LogP contribution >= 0.6 is 0 Å². The maximum atomic E-state index is 13.5. The number of nitrogens with one attached hydrogen (secondary N) is 1. The van der Waals surface area contributed by atoms with E-state index in [1.807, 2.05) is 38.4 Å². The number of aliphatic hydroxyl groups excluding tert-OH is 1. The molecule has 1 fully saturated rings. The van der Waals surface area contributed by atoms with Gasteiger partial charge in [0.25, 0.3) is 0 Å². The number of hydrogen-bond donors (Lipinski definition) is 2. The number of aromatic nitrogens is 3. The van der Waals surface area contributed by atoms with E-state index in [1.54, 1.807) is 0 Å². The Balaban J connectivity index is 1.28. The lowest BCUT2D eigenvalue weighted by molar-refractivity contribution is 0.184. The number of aliphatic hydroxyl groups is 1. The van der Waals surface area contributed by atoms with E-state index in [9.17, 15) is 9.50 Å². The molecule has 2 aromatic carbocycles. The van der Waals surface area contributed by atoms with E-state index in [4.69, 9.17) is 0 Å². The lowest BCUT2D eigenvalue weighted by atomic mass is 10.0. The van der Waals surface area contributed by atoms with Gasteiger partial charge >= 0.3 is 0 Å². The molecule has 36 heavy (non-hydrogen) atoms. The van der Waals surface area contributed by atoms with Gasteiger partial charge < -0.3 is 19.9 Å². The molecule has 0 radical (unpaired) electrons. The first-order chi connectivity index (χ1) is 17.4. The molecule has 0 aliphatic carbocycles. The van der Waals surface area contributed by atoms with E-state index in [-0.39, 0.29) is 18.0 Å². The number of rotatable bonds is 6. The van der Waals surface area contributed by atoms with Crippen LogP contribution in [0.1, 0.15) is 25.8 Å². The normalized spacial score (nSPS) is 17.0. The summed E-state index contributed by atoms with van der Waals surface area (Å²) < 4.78 is 17.9. The van der Waals surface area contributed by atoms with E-state index in [0.29, 0.717) is 5.92 Å². The molecule has 0 bridgehead atoms. The second-order valence-corrected chi connectivity index (χ2v) is 10.7. The van der Waals surface area contributed by atoms with Crippen molar-refractivity contribution >= 4 is 5.69 Å². The van der Waals surface area contributed by atoms with Gasteiger partial charge in [-0.05, 0) is 73.7 Å². The number of imidazole rings is 1. The molecular weight excluding hydrogens is 453 g/mol. The van der Waals surface area contributed by atoms with Gasteiger partial charge in [-0.15, -0.1) is 0 Å². The molecule has 4 aromatic rings. The van der Waals surface area contributed by atoms with Crippen LogP contribution < -0.4 is 10.2 Å². The van der Waals surface area contributed by atoms with E-state index in [2.05, 4.69) is 54.8 Å². The van der Waals surface area contributed by atoms with Crippen molar-refractivity contribution in [3.8, 4) is 28.3 Å². The number of hydrogen-bond acceptors (Lipinski definition) is 4. The van der Waals surface area contributed by atoms with E-state index >= 15 is 0 Å². The zero-order valence-corrected chi connectivity index (χ0v) is 20.8. The highest BCUT2D eigenvalue weighted by Crippen LogP contribution is 2.36. The number of nitrogens with zero attached hydrogens (tertiary/aromatic N) is 4. The monoisotopic (exact) mass is 485 g/mol. The van der Waals surface area contributed by atoms with Crippen molar-refractivity contribution in [1.29, 1.82) is 0 Å². The Morgan fingerprint density at radius 2 is 1.94 bits per heavy atom. The van der Waals surface area contributed by atoms with Gasteiger partial charge in [-0.3, -0.25) is 4.57 Å². The van der Waals surface area contributed by atoms with E-state index in [0.717, 1.165) is 60.9 Å². The summed E-state index contributed by atoms with van der Waals surface area (Å²) in [6, 6.07) is 15.6. The number of halogens is 1. The second-order valence-electron chi connectivity index (χ2n) is 10.7. The Labute approximate surface area is 211 Å². The molecule has 2 N–H and O–H groups in total. The van der Waals surface area contributed by atoms with Crippen molar-refractivity contribution < 1.29 is 9.50 Å². The summed E-state index contributed by atoms with van der Waals surface area (Å²) in [5.41, 5.74) is 6.49. The molecule has 2 aliphatic rings. The zero-order valence-electron chi connectivity index (χ0n) is 20.8. The van der Waals surface area contributed by atoms with Crippen LogP contribution in [0.25, 0.3) is 28.3 Å². The van der Waals surface area contributed by atoms with Crippen molar-refractivity contribution in [2.75, 3.05) is 31.1 Å². The van der Waals surface area contributed by atoms with Crippen molar-refractivity contribution in [3.05, 3.63) is 78.5 Å². The largest absolute Gasteiger partial charge is 0.394 e. The predicted octanol–water partition coefficient (Wildman–Crippen LogP) is 4.70. The molecule has 6 rings (SSSR count). The third-order valence-corrected chi connectivity index (χ3v) is 7.52. The molecule has 4 heterocycles. The van der Waals surface area contributed by atoms with Crippen LogP contribution in [-0.2, 0) is 6.54 Å². The molecule has 1 atom stereocenters. The molecule has 2 aromatic heterocycles. The summed E-state index contributed by atoms with van der Waals surface area (Å²) in [7, 11) is 0. The van der Waals surface area contributed by atoms with Crippen LogP contribution in [-0.4, -0.2) is 51.0 Å². The van der Waals surface area contributed by atoms with Crippen LogP contribution in [0.3, 0.4) is 0 Å². The fourth-order valence-corrected chi connectivity index (χ4v) is 5.34. The molecule has 0 saturated carbocycles. The summed E-state index contributed by atoms with van der Waals surface area (Å²) in [4.78, 5) is 7.15. The fourth-order valence-electron chi connectivity index (χ4n) is 5.34. The summed E-state index contributed by atoms with van der Waals surface area (Å²) in [6.45, 7) is 7.90. The Kier molecular flexibility index (Phi) is 5.69. The maximum Gasteiger partial charge on any atom is 0.161 e. The molecule has 7 heteroatoms. The Morgan fingerprint density at radius 3 is 2.75 bits per heavy atom. The smallest absolute Gasteiger partial charge is 0.161 e. The summed E-state index contributed by atoms with van der Waals surface area (Å²) in [5.74, 6) is 1.24. The standard InChI is InChI=1S/C29H32FN5O/c1-29(2,19-36)32-15-20-9-11-33(16-20)25-7-8-26-23(13-25)18-34-17-22(21-3-5-24(30)6-4-21)14-27(34)28-31-10-12-35(26)28/h3-8,10,12-14,17,20,32,36H,9,11,15-16,18-19H2,1-2H3/t20-/m0/s1. The first-order valence-electron chi connectivity index (χ1n) is 12.6. The van der Waals surface area contributed by atoms with Gasteiger partial charge in [-0.1, -0.05) is 12.1 Å². The van der Waals surface area contributed by atoms with Gasteiger partial charge in [-0.2, -0.15) is 0 Å². The Morgan fingerprint density at radius 1 is 1.11 bits per heavy atom. The topological polar surface area (TPSA) is 58.2 Å². The van der Waals surface area contributed by atoms with Crippen LogP contribution in [0.5, 0.6) is 0 Å². The van der Waals surface area contributed by atoms with Gasteiger partial charge in [0.15, 0.2) is 5.82 Å². The highest BCUT2D eigenvalue weighted by Gasteiger charge is 2.27. The molecule has 0 amide bonds. The SMILES string of the molecule is CC(C)(CO)NC[C@@H]1CCN(c2ccc3c(c2)Cn2cc(-c4ccc(F)cc4)cc2-c2nccn2-3)C1. The molecule has 0 unspecified atom stereocenters. The second kappa shape index (κ2) is 8.91. The predicted molar refractivity (Wildman–Crippen MR) is 141 cm³/mol. The molecular formula is C29H32FN5O. The molecule has 2 aliphatic heterocycles. The average Bonchev–Trinajstić information content (AvgIpc) is 3.62. The molecule has 1 saturated heterocycles. The Hall–Kier alpha value is -3.42. The minimum atomic E-state index is -0.249. The fraction of sp³-hybridized carbons (Fsp3) is 0.345. The van der Waals surface area contributed by atoms with Crippen molar-refractivity contribution in [2.45, 2.75) is 32.4 Å². The Bertz CT molecular complexity index is 1390. The zero-order chi connectivity index (χ0) is 24.9. The summed E-state index contributed by atoms with van der Waals surface area (Å²) >= 11 is 0. The number of benzene rings is 2. The van der Waals surface area contributed by atoms with Crippen LogP contribution in [0.2, 0.25) is 0 Å². The van der Waals surface area contributed by atoms with Gasteiger partial charge in [0.05, 0.1) is 18.0 Å². The highest BCUT2D eigenvalue weighted by molar-refractivity contribution is 5.72. The minimum absolute atomic E-state index is 0.134. The van der Waals surface area contributed by atoms with Crippen LogP contribution in [0, 0.1) is 11.7 Å². The molecule has 6 nitrogen and oxygen atoms in total. The van der Waals surface area contributed by atoms with Gasteiger partial charge in [-0.25, -0.2) is 9.37 Å². The quantitative estimate of drug-likeness (QED) is 0.366. The minimum Gasteiger partial charge on any atom is -0.394 e. The first-order valence-corrected chi connectivity index (χ1v) is 12.6. The number of anilines is 1. The van der Waals surface area contributed by atoms with Gasteiger partial charge in [0.1, 0.15) is 5.82 Å². The first kappa shape index (κ1) is 23.0. The van der Waals surface area contributed by atoms with E-state index < -0.39 is 0 Å².